The first-order valence-corrected chi connectivity index (χ1v) is 10.3. The van der Waals surface area contributed by atoms with Crippen LogP contribution >= 0.6 is 11.6 Å². The van der Waals surface area contributed by atoms with E-state index in [1.54, 1.807) is 24.7 Å². The summed E-state index contributed by atoms with van der Waals surface area (Å²) in [4.78, 5) is 17.4. The van der Waals surface area contributed by atoms with E-state index < -0.39 is 5.57 Å². The number of anilines is 1. The number of benzene rings is 2. The summed E-state index contributed by atoms with van der Waals surface area (Å²) in [5.41, 5.74) is 0.147. The van der Waals surface area contributed by atoms with Crippen LogP contribution in [0.15, 0.2) is 55.0 Å². The van der Waals surface area contributed by atoms with Gasteiger partial charge in [-0.25, -0.2) is 4.98 Å². The third-order valence-electron chi connectivity index (χ3n) is 5.13. The van der Waals surface area contributed by atoms with Crippen molar-refractivity contribution in [3.63, 3.8) is 0 Å². The lowest BCUT2D eigenvalue weighted by Gasteiger charge is -2.15. The number of halogens is 3. The molecular formula is C22H20ClF2N5O2. The van der Waals surface area contributed by atoms with Crippen molar-refractivity contribution in [2.45, 2.75) is 31.9 Å². The molecule has 4 aromatic rings. The van der Waals surface area contributed by atoms with Crippen molar-refractivity contribution < 1.29 is 18.3 Å². The molecule has 0 spiro atoms. The quantitative estimate of drug-likeness (QED) is 0.341. The number of hydrogen-bond donors (Lipinski definition) is 2. The maximum Gasteiger partial charge on any atom is 0.487 e. The molecule has 0 bridgehead atoms. The fourth-order valence-corrected chi connectivity index (χ4v) is 3.48. The van der Waals surface area contributed by atoms with E-state index in [9.17, 15) is 13.6 Å². The zero-order valence-electron chi connectivity index (χ0n) is 17.3. The van der Waals surface area contributed by atoms with Gasteiger partial charge in [0.25, 0.3) is 5.91 Å². The summed E-state index contributed by atoms with van der Waals surface area (Å²) in [6.45, 7) is 4.20. The molecule has 32 heavy (non-hydrogen) atoms. The lowest BCUT2D eigenvalue weighted by Crippen LogP contribution is -2.16. The fraction of sp³-hybridized carbons (Fsp3) is 0.227. The number of H-pyrrole nitrogens is 1. The summed E-state index contributed by atoms with van der Waals surface area (Å²) in [7, 11) is 0. The molecule has 0 aliphatic heterocycles. The Morgan fingerprint density at radius 2 is 2.03 bits per heavy atom. The van der Waals surface area contributed by atoms with E-state index in [4.69, 9.17) is 11.6 Å². The number of aromatic amines is 1. The smallest absolute Gasteiger partial charge is 0.420 e. The van der Waals surface area contributed by atoms with E-state index in [0.29, 0.717) is 16.8 Å². The van der Waals surface area contributed by atoms with Gasteiger partial charge in [-0.2, -0.15) is 5.10 Å². The van der Waals surface area contributed by atoms with Gasteiger partial charge < -0.3 is 14.6 Å². The number of rotatable bonds is 7. The van der Waals surface area contributed by atoms with Crippen LogP contribution in [0.5, 0.6) is 5.75 Å². The van der Waals surface area contributed by atoms with Crippen molar-refractivity contribution in [2.24, 2.45) is 0 Å². The van der Waals surface area contributed by atoms with Crippen LogP contribution in [0.4, 0.5) is 14.5 Å². The third-order valence-corrected chi connectivity index (χ3v) is 5.21. The van der Waals surface area contributed by atoms with Crippen LogP contribution in [0.3, 0.4) is 0 Å². The molecule has 0 saturated carbocycles. The number of ether oxygens (including phenoxy) is 1. The predicted octanol–water partition coefficient (Wildman–Crippen LogP) is 5.82. The molecule has 2 N–H and O–H groups in total. The summed E-state index contributed by atoms with van der Waals surface area (Å²) >= 11 is 4.77. The van der Waals surface area contributed by atoms with Crippen LogP contribution in [0.1, 0.15) is 36.7 Å². The molecule has 2 heterocycles. The van der Waals surface area contributed by atoms with E-state index >= 15 is 0 Å². The van der Waals surface area contributed by atoms with Crippen LogP contribution in [0.2, 0.25) is 0 Å². The van der Waals surface area contributed by atoms with Gasteiger partial charge in [0.05, 0.1) is 23.1 Å². The SMILES string of the molecule is CC[C@H](C)n1cnc2cc(C(=O)Nc3ccc(OC(F)(F)Cl)cc3)cc(-c3ccn[nH]3)c21. The highest BCUT2D eigenvalue weighted by Crippen LogP contribution is 2.32. The van der Waals surface area contributed by atoms with Crippen LogP contribution < -0.4 is 10.1 Å². The van der Waals surface area contributed by atoms with Gasteiger partial charge in [0.1, 0.15) is 5.75 Å². The zero-order valence-corrected chi connectivity index (χ0v) is 18.0. The van der Waals surface area contributed by atoms with Crippen molar-refractivity contribution in [1.29, 1.82) is 0 Å². The van der Waals surface area contributed by atoms with Gasteiger partial charge in [0.2, 0.25) is 0 Å². The second-order valence-corrected chi connectivity index (χ2v) is 7.74. The number of nitrogens with one attached hydrogen (secondary N) is 2. The molecule has 0 aliphatic rings. The van der Waals surface area contributed by atoms with Crippen molar-refractivity contribution in [3.05, 3.63) is 60.6 Å². The number of fused-ring (bicyclic) bond motifs is 1. The molecule has 0 radical (unpaired) electrons. The summed E-state index contributed by atoms with van der Waals surface area (Å²) in [5, 5.41) is 9.73. The van der Waals surface area contributed by atoms with Crippen LogP contribution in [-0.4, -0.2) is 31.2 Å². The average molecular weight is 460 g/mol. The molecule has 4 rings (SSSR count). The number of nitrogens with zero attached hydrogens (tertiary/aromatic N) is 3. The number of imidazole rings is 1. The summed E-state index contributed by atoms with van der Waals surface area (Å²) in [6, 6.07) is 11.0. The van der Waals surface area contributed by atoms with E-state index in [1.807, 2.05) is 6.07 Å². The molecule has 2 aromatic carbocycles. The summed E-state index contributed by atoms with van der Waals surface area (Å²) in [5.74, 6) is -0.497. The number of aromatic nitrogens is 4. The number of hydrogen-bond acceptors (Lipinski definition) is 4. The molecule has 166 valence electrons. The highest BCUT2D eigenvalue weighted by Gasteiger charge is 2.27. The normalized spacial score (nSPS) is 12.7. The highest BCUT2D eigenvalue weighted by molar-refractivity contribution is 6.20. The molecule has 1 atom stereocenters. The lowest BCUT2D eigenvalue weighted by atomic mass is 10.0. The Hall–Kier alpha value is -3.46. The van der Waals surface area contributed by atoms with Crippen molar-refractivity contribution in [1.82, 2.24) is 19.7 Å². The van der Waals surface area contributed by atoms with Crippen LogP contribution in [0, 0.1) is 0 Å². The molecule has 2 aromatic heterocycles. The molecular weight excluding hydrogens is 440 g/mol. The van der Waals surface area contributed by atoms with Crippen LogP contribution in [0.25, 0.3) is 22.3 Å². The number of amides is 1. The minimum absolute atomic E-state index is 0.124. The largest absolute Gasteiger partial charge is 0.487 e. The number of carbonyl (C=O) groups excluding carboxylic acids is 1. The van der Waals surface area contributed by atoms with E-state index in [0.717, 1.165) is 23.2 Å². The average Bonchev–Trinajstić information content (AvgIpc) is 3.43. The monoisotopic (exact) mass is 459 g/mol. The van der Waals surface area contributed by atoms with Crippen molar-refractivity contribution in [2.75, 3.05) is 5.32 Å². The summed E-state index contributed by atoms with van der Waals surface area (Å²) in [6.07, 6.45) is 4.34. The maximum atomic E-state index is 12.9. The van der Waals surface area contributed by atoms with Crippen molar-refractivity contribution >= 4 is 34.2 Å². The molecule has 7 nitrogen and oxygen atoms in total. The molecule has 0 fully saturated rings. The summed E-state index contributed by atoms with van der Waals surface area (Å²) < 4.78 is 31.9. The van der Waals surface area contributed by atoms with Gasteiger partial charge in [0, 0.05) is 40.7 Å². The van der Waals surface area contributed by atoms with Gasteiger partial charge >= 0.3 is 5.57 Å². The molecule has 0 saturated heterocycles. The van der Waals surface area contributed by atoms with Gasteiger partial charge in [-0.15, -0.1) is 8.78 Å². The lowest BCUT2D eigenvalue weighted by molar-refractivity contribution is -0.0964. The Morgan fingerprint density at radius 3 is 2.66 bits per heavy atom. The maximum absolute atomic E-state index is 12.9. The Labute approximate surface area is 187 Å². The first-order chi connectivity index (χ1) is 15.2. The highest BCUT2D eigenvalue weighted by atomic mass is 35.5. The Morgan fingerprint density at radius 1 is 1.28 bits per heavy atom. The third kappa shape index (κ3) is 4.57. The standard InChI is InChI=1S/C22H20ClF2N5O2/c1-3-13(2)30-12-26-19-11-14(10-17(20(19)30)18-8-9-27-29-18)21(31)28-15-4-6-16(7-5-15)32-22(23,24)25/h4-13H,3H2,1-2H3,(H,27,29)(H,28,31)/t13-/m0/s1. The first kappa shape index (κ1) is 21.8. The second-order valence-electron chi connectivity index (χ2n) is 7.30. The van der Waals surface area contributed by atoms with E-state index in [-0.39, 0.29) is 17.7 Å². The zero-order chi connectivity index (χ0) is 22.9. The number of alkyl halides is 3. The first-order valence-electron chi connectivity index (χ1n) is 9.92. The van der Waals surface area contributed by atoms with Gasteiger partial charge in [-0.05, 0) is 55.8 Å². The molecule has 0 unspecified atom stereocenters. The molecule has 0 aliphatic carbocycles. The van der Waals surface area contributed by atoms with E-state index in [1.165, 1.54) is 24.3 Å². The van der Waals surface area contributed by atoms with Crippen molar-refractivity contribution in [3.8, 4) is 17.0 Å². The number of carbonyl (C=O) groups is 1. The minimum Gasteiger partial charge on any atom is -0.420 e. The molecule has 1 amide bonds. The fourth-order valence-electron chi connectivity index (χ4n) is 3.39. The van der Waals surface area contributed by atoms with E-state index in [2.05, 4.69) is 43.6 Å². The van der Waals surface area contributed by atoms with Gasteiger partial charge in [-0.3, -0.25) is 9.89 Å². The Balaban J connectivity index is 1.66. The molecule has 10 heteroatoms. The van der Waals surface area contributed by atoms with Crippen LogP contribution in [-0.2, 0) is 0 Å². The minimum atomic E-state index is -3.80. The van der Waals surface area contributed by atoms with Gasteiger partial charge in [0.15, 0.2) is 0 Å². The topological polar surface area (TPSA) is 84.8 Å². The predicted molar refractivity (Wildman–Crippen MR) is 118 cm³/mol. The second kappa shape index (κ2) is 8.58. The Bertz CT molecular complexity index is 1230. The Kier molecular flexibility index (Phi) is 5.84. The van der Waals surface area contributed by atoms with Gasteiger partial charge in [-0.1, -0.05) is 6.92 Å².